The molecule has 0 saturated carbocycles. The minimum Gasteiger partial charge on any atom is -0.406 e. The van der Waals surface area contributed by atoms with Crippen LogP contribution in [-0.2, 0) is 10.3 Å². The van der Waals surface area contributed by atoms with Crippen LogP contribution < -0.4 is 4.74 Å². The Labute approximate surface area is 156 Å². The summed E-state index contributed by atoms with van der Waals surface area (Å²) in [6.07, 6.45) is 0.970. The van der Waals surface area contributed by atoms with Gasteiger partial charge in [0.15, 0.2) is 0 Å². The van der Waals surface area contributed by atoms with Gasteiger partial charge in [-0.15, -0.1) is 0 Å². The van der Waals surface area contributed by atoms with Gasteiger partial charge in [-0.3, -0.25) is 14.9 Å². The molecule has 0 atom stereocenters. The summed E-state index contributed by atoms with van der Waals surface area (Å²) in [4.78, 5) is 24.1. The van der Waals surface area contributed by atoms with Crippen molar-refractivity contribution in [2.45, 2.75) is 62.8 Å². The molecule has 0 radical (unpaired) electrons. The number of aromatic nitrogens is 2. The normalized spacial score (nSPS) is 11.4. The summed E-state index contributed by atoms with van der Waals surface area (Å²) in [5.74, 6) is -0.0149. The van der Waals surface area contributed by atoms with Crippen LogP contribution in [0.5, 0.6) is 5.88 Å². The van der Waals surface area contributed by atoms with Crippen LogP contribution in [0.1, 0.15) is 46.2 Å². The van der Waals surface area contributed by atoms with Crippen LogP contribution >= 0.6 is 11.8 Å². The summed E-state index contributed by atoms with van der Waals surface area (Å²) in [6, 6.07) is 6.49. The third kappa shape index (κ3) is 4.43. The fraction of sp³-hybridized carbons (Fsp3) is 0.444. The molecule has 0 N–H and O–H groups in total. The molecule has 7 nitrogen and oxygen atoms in total. The van der Waals surface area contributed by atoms with E-state index in [1.807, 2.05) is 27.7 Å². The Morgan fingerprint density at radius 2 is 2.00 bits per heavy atom. The average Bonchev–Trinajstić information content (AvgIpc) is 2.85. The number of esters is 1. The number of nitrogens with zero attached hydrogens (tertiary/aromatic N) is 3. The van der Waals surface area contributed by atoms with Crippen molar-refractivity contribution in [3.8, 4) is 5.88 Å². The number of ether oxygens (including phenoxy) is 1. The Morgan fingerprint density at radius 3 is 2.58 bits per heavy atom. The molecule has 0 fully saturated rings. The van der Waals surface area contributed by atoms with Gasteiger partial charge in [0.25, 0.3) is 5.69 Å². The molecule has 0 aliphatic heterocycles. The molecular formula is C18H23N3O4S. The zero-order chi connectivity index (χ0) is 19.5. The SMILES string of the molecule is CCCC(=O)Oc1c(Sc2ccccc2[N+](=O)[O-])c(C)nn1C(C)(C)C. The molecule has 0 unspecified atom stereocenters. The van der Waals surface area contributed by atoms with E-state index in [4.69, 9.17) is 4.74 Å². The summed E-state index contributed by atoms with van der Waals surface area (Å²) in [5.41, 5.74) is 0.252. The Hall–Kier alpha value is -2.35. The fourth-order valence-electron chi connectivity index (χ4n) is 2.32. The predicted octanol–water partition coefficient (Wildman–Crippen LogP) is 4.71. The first-order valence-electron chi connectivity index (χ1n) is 8.37. The molecule has 0 aliphatic carbocycles. The molecule has 140 valence electrons. The Morgan fingerprint density at radius 1 is 1.35 bits per heavy atom. The van der Waals surface area contributed by atoms with Crippen molar-refractivity contribution >= 4 is 23.4 Å². The van der Waals surface area contributed by atoms with Crippen molar-refractivity contribution in [2.24, 2.45) is 0 Å². The number of nitro benzene ring substituents is 1. The highest BCUT2D eigenvalue weighted by molar-refractivity contribution is 7.99. The average molecular weight is 377 g/mol. The molecule has 1 aromatic heterocycles. The van der Waals surface area contributed by atoms with E-state index in [1.165, 1.54) is 17.8 Å². The van der Waals surface area contributed by atoms with Gasteiger partial charge in [0.2, 0.25) is 5.88 Å². The van der Waals surface area contributed by atoms with E-state index in [2.05, 4.69) is 5.10 Å². The van der Waals surface area contributed by atoms with Gasteiger partial charge in [0, 0.05) is 12.5 Å². The highest BCUT2D eigenvalue weighted by Gasteiger charge is 2.28. The van der Waals surface area contributed by atoms with Crippen molar-refractivity contribution in [1.29, 1.82) is 0 Å². The lowest BCUT2D eigenvalue weighted by Crippen LogP contribution is -2.25. The standard InChI is InChI=1S/C18H23N3O4S/c1-6-9-15(22)25-17-16(12(2)19-20(17)18(3,4)5)26-14-11-8-7-10-13(14)21(23)24/h7-8,10-11H,6,9H2,1-5H3. The van der Waals surface area contributed by atoms with Crippen molar-refractivity contribution in [1.82, 2.24) is 9.78 Å². The van der Waals surface area contributed by atoms with E-state index in [9.17, 15) is 14.9 Å². The van der Waals surface area contributed by atoms with Gasteiger partial charge >= 0.3 is 5.97 Å². The Balaban J connectivity index is 2.53. The van der Waals surface area contributed by atoms with Crippen LogP contribution in [0.4, 0.5) is 5.69 Å². The van der Waals surface area contributed by atoms with Crippen molar-refractivity contribution < 1.29 is 14.5 Å². The zero-order valence-electron chi connectivity index (χ0n) is 15.6. The van der Waals surface area contributed by atoms with Gasteiger partial charge in [-0.25, -0.2) is 4.68 Å². The fourth-order valence-corrected chi connectivity index (χ4v) is 3.34. The lowest BCUT2D eigenvalue weighted by Gasteiger charge is -2.22. The Bertz CT molecular complexity index is 824. The van der Waals surface area contributed by atoms with E-state index in [0.29, 0.717) is 34.2 Å². The number of benzene rings is 1. The first kappa shape index (κ1) is 20.0. The van der Waals surface area contributed by atoms with E-state index in [1.54, 1.807) is 29.8 Å². The monoisotopic (exact) mass is 377 g/mol. The number of hydrogen-bond donors (Lipinski definition) is 0. The molecule has 0 bridgehead atoms. The molecule has 0 amide bonds. The molecule has 26 heavy (non-hydrogen) atoms. The van der Waals surface area contributed by atoms with Gasteiger partial charge in [-0.1, -0.05) is 30.8 Å². The molecule has 1 aromatic carbocycles. The molecule has 0 spiro atoms. The number of carbonyl (C=O) groups is 1. The minimum atomic E-state index is -0.422. The largest absolute Gasteiger partial charge is 0.406 e. The minimum absolute atomic E-state index is 0.00578. The summed E-state index contributed by atoms with van der Waals surface area (Å²) < 4.78 is 7.27. The van der Waals surface area contributed by atoms with Gasteiger partial charge in [0.1, 0.15) is 0 Å². The van der Waals surface area contributed by atoms with Gasteiger partial charge in [-0.2, -0.15) is 5.10 Å². The van der Waals surface area contributed by atoms with Crippen molar-refractivity contribution in [2.75, 3.05) is 0 Å². The first-order chi connectivity index (χ1) is 12.1. The third-order valence-corrected chi connectivity index (χ3v) is 4.78. The second-order valence-corrected chi connectivity index (χ2v) is 7.91. The summed E-state index contributed by atoms with van der Waals surface area (Å²) in [7, 11) is 0. The topological polar surface area (TPSA) is 87.3 Å². The van der Waals surface area contributed by atoms with Crippen molar-refractivity contribution in [3.63, 3.8) is 0 Å². The quantitative estimate of drug-likeness (QED) is 0.411. The second-order valence-electron chi connectivity index (χ2n) is 6.85. The predicted molar refractivity (Wildman–Crippen MR) is 99.7 cm³/mol. The zero-order valence-corrected chi connectivity index (χ0v) is 16.4. The molecule has 0 saturated heterocycles. The third-order valence-electron chi connectivity index (χ3n) is 3.54. The highest BCUT2D eigenvalue weighted by atomic mass is 32.2. The van der Waals surface area contributed by atoms with Gasteiger partial charge < -0.3 is 4.74 Å². The number of nitro groups is 1. The molecule has 2 rings (SSSR count). The smallest absolute Gasteiger partial charge is 0.312 e. The molecule has 0 aliphatic rings. The lowest BCUT2D eigenvalue weighted by atomic mass is 10.1. The van der Waals surface area contributed by atoms with E-state index >= 15 is 0 Å². The summed E-state index contributed by atoms with van der Waals surface area (Å²) in [6.45, 7) is 9.56. The van der Waals surface area contributed by atoms with Crippen LogP contribution in [0.25, 0.3) is 0 Å². The van der Waals surface area contributed by atoms with Gasteiger partial charge in [-0.05, 0) is 40.2 Å². The maximum atomic E-state index is 12.1. The first-order valence-corrected chi connectivity index (χ1v) is 9.18. The number of aryl methyl sites for hydroxylation is 1. The van der Waals surface area contributed by atoms with E-state index in [-0.39, 0.29) is 11.7 Å². The number of para-hydroxylation sites is 1. The molecule has 1 heterocycles. The van der Waals surface area contributed by atoms with Crippen LogP contribution in [0.2, 0.25) is 0 Å². The second kappa shape index (κ2) is 7.90. The van der Waals surface area contributed by atoms with Crippen LogP contribution in [0.3, 0.4) is 0 Å². The highest BCUT2D eigenvalue weighted by Crippen LogP contribution is 2.42. The van der Waals surface area contributed by atoms with Crippen molar-refractivity contribution in [3.05, 3.63) is 40.1 Å². The number of hydrogen-bond acceptors (Lipinski definition) is 6. The van der Waals surface area contributed by atoms with E-state index in [0.717, 1.165) is 0 Å². The maximum Gasteiger partial charge on any atom is 0.312 e. The summed E-state index contributed by atoms with van der Waals surface area (Å²) in [5, 5.41) is 15.8. The van der Waals surface area contributed by atoms with Crippen LogP contribution in [0, 0.1) is 17.0 Å². The molecule has 2 aromatic rings. The van der Waals surface area contributed by atoms with Crippen LogP contribution in [-0.4, -0.2) is 20.7 Å². The Kier molecular flexibility index (Phi) is 6.07. The molecule has 8 heteroatoms. The summed E-state index contributed by atoms with van der Waals surface area (Å²) >= 11 is 1.19. The number of rotatable bonds is 6. The van der Waals surface area contributed by atoms with Gasteiger partial charge in [0.05, 0.1) is 25.9 Å². The van der Waals surface area contributed by atoms with Crippen LogP contribution in [0.15, 0.2) is 34.1 Å². The number of carbonyl (C=O) groups excluding carboxylic acids is 1. The molecular weight excluding hydrogens is 354 g/mol. The van der Waals surface area contributed by atoms with E-state index < -0.39 is 10.5 Å². The maximum absolute atomic E-state index is 12.1. The lowest BCUT2D eigenvalue weighted by molar-refractivity contribution is -0.387.